The number of aliphatic imine (C=N–C) groups is 1. The van der Waals surface area contributed by atoms with E-state index in [0.29, 0.717) is 38.3 Å². The number of aldehydes is 1. The van der Waals surface area contributed by atoms with Crippen molar-refractivity contribution in [3.63, 3.8) is 0 Å². The maximum absolute atomic E-state index is 14.4. The fourth-order valence-corrected chi connectivity index (χ4v) is 2.73. The number of aromatic nitrogens is 1. The Hall–Kier alpha value is -2.95. The number of benzene rings is 1. The van der Waals surface area contributed by atoms with Crippen LogP contribution in [0, 0.1) is 5.82 Å². The van der Waals surface area contributed by atoms with Crippen LogP contribution in [0.25, 0.3) is 11.3 Å². The van der Waals surface area contributed by atoms with Gasteiger partial charge in [-0.2, -0.15) is 22.0 Å². The molecule has 0 aliphatic heterocycles. The molecule has 0 spiro atoms. The van der Waals surface area contributed by atoms with Gasteiger partial charge in [-0.25, -0.2) is 9.38 Å². The van der Waals surface area contributed by atoms with E-state index in [2.05, 4.69) is 14.7 Å². The highest BCUT2D eigenvalue weighted by Gasteiger charge is 2.30. The third kappa shape index (κ3) is 7.63. The second kappa shape index (κ2) is 11.6. The Kier molecular flexibility index (Phi) is 9.18. The molecule has 0 bridgehead atoms. The molecule has 0 aliphatic carbocycles. The van der Waals surface area contributed by atoms with Crippen LogP contribution in [0.5, 0.6) is 0 Å². The largest absolute Gasteiger partial charge is 0.417 e. The summed E-state index contributed by atoms with van der Waals surface area (Å²) < 4.78 is 80.5. The lowest BCUT2D eigenvalue weighted by atomic mass is 10.1. The van der Waals surface area contributed by atoms with E-state index >= 15 is 0 Å². The molecule has 5 nitrogen and oxygen atoms in total. The molecule has 2 aromatic rings. The molecule has 0 saturated heterocycles. The fourth-order valence-electron chi connectivity index (χ4n) is 2.73. The molecule has 0 saturated carbocycles. The van der Waals surface area contributed by atoms with Gasteiger partial charge >= 0.3 is 12.8 Å². The summed E-state index contributed by atoms with van der Waals surface area (Å²) in [5.74, 6) is -0.822. The number of halogens is 6. The Morgan fingerprint density at radius 1 is 1.19 bits per heavy atom. The zero-order chi connectivity index (χ0) is 23.7. The van der Waals surface area contributed by atoms with E-state index in [1.807, 2.05) is 0 Å². The van der Waals surface area contributed by atoms with Crippen LogP contribution in [0.1, 0.15) is 35.2 Å². The van der Waals surface area contributed by atoms with E-state index in [0.717, 1.165) is 18.2 Å². The van der Waals surface area contributed by atoms with E-state index in [-0.39, 0.29) is 29.1 Å². The summed E-state index contributed by atoms with van der Waals surface area (Å²) >= 11 is 0. The Morgan fingerprint density at radius 2 is 1.94 bits per heavy atom. The Balaban J connectivity index is 2.08. The van der Waals surface area contributed by atoms with Crippen LogP contribution in [-0.2, 0) is 10.9 Å². The molecule has 0 amide bonds. The van der Waals surface area contributed by atoms with Crippen LogP contribution < -0.4 is 0 Å². The Bertz CT molecular complexity index is 917. The third-order valence-electron chi connectivity index (χ3n) is 4.40. The quantitative estimate of drug-likeness (QED) is 0.141. The normalized spacial score (nSPS) is 12.0. The highest BCUT2D eigenvalue weighted by molar-refractivity contribution is 5.86. The van der Waals surface area contributed by atoms with Crippen LogP contribution in [0.4, 0.5) is 32.0 Å². The van der Waals surface area contributed by atoms with E-state index in [9.17, 15) is 31.1 Å². The molecule has 32 heavy (non-hydrogen) atoms. The number of carbonyl (C=O) groups is 1. The average Bonchev–Trinajstić information content (AvgIpc) is 2.74. The van der Waals surface area contributed by atoms with Crippen molar-refractivity contribution in [2.75, 3.05) is 20.2 Å². The zero-order valence-electron chi connectivity index (χ0n) is 17.1. The van der Waals surface area contributed by atoms with Gasteiger partial charge < -0.3 is 9.64 Å². The minimum absolute atomic E-state index is 0.0332. The Labute approximate surface area is 180 Å². The van der Waals surface area contributed by atoms with Crippen molar-refractivity contribution in [2.45, 2.75) is 32.1 Å². The second-order valence-corrected chi connectivity index (χ2v) is 6.86. The summed E-state index contributed by atoms with van der Waals surface area (Å²) in [7, 11) is 1.71. The zero-order valence-corrected chi connectivity index (χ0v) is 17.1. The number of carbonyl (C=O) groups excluding carboxylic acids is 1. The van der Waals surface area contributed by atoms with Crippen molar-refractivity contribution >= 4 is 18.3 Å². The standard InChI is InChI=1S/C21H21F6N3O2/c1-30(7-3-2-4-8-32-20(23)24)13-29-19-10-16(17(22)9-14(19)12-31)18-6-5-15(11-28-18)21(25,26)27/h5-6,9-13,20H,2-4,7-8H2,1H3. The number of hydrogen-bond donors (Lipinski definition) is 0. The SMILES string of the molecule is CN(C=Nc1cc(-c2ccc(C(F)(F)F)cn2)c(F)cc1C=O)CCCCCOC(F)F. The summed E-state index contributed by atoms with van der Waals surface area (Å²) in [6.45, 7) is -2.27. The first-order chi connectivity index (χ1) is 15.1. The number of nitrogens with zero attached hydrogens (tertiary/aromatic N) is 3. The van der Waals surface area contributed by atoms with E-state index < -0.39 is 24.2 Å². The average molecular weight is 461 g/mol. The molecule has 174 valence electrons. The molecule has 0 aliphatic rings. The molecule has 0 N–H and O–H groups in total. The first-order valence-electron chi connectivity index (χ1n) is 9.58. The number of hydrogen-bond acceptors (Lipinski definition) is 4. The lowest BCUT2D eigenvalue weighted by Gasteiger charge is -2.13. The molecule has 11 heteroatoms. The van der Waals surface area contributed by atoms with Crippen molar-refractivity contribution in [3.8, 4) is 11.3 Å². The van der Waals surface area contributed by atoms with Gasteiger partial charge in [-0.15, -0.1) is 0 Å². The van der Waals surface area contributed by atoms with Crippen molar-refractivity contribution in [1.82, 2.24) is 9.88 Å². The van der Waals surface area contributed by atoms with Gasteiger partial charge in [0.15, 0.2) is 6.29 Å². The summed E-state index contributed by atoms with van der Waals surface area (Å²) in [5.41, 5.74) is -1.02. The predicted octanol–water partition coefficient (Wildman–Crippen LogP) is 5.72. The monoisotopic (exact) mass is 461 g/mol. The van der Waals surface area contributed by atoms with Gasteiger partial charge in [-0.3, -0.25) is 9.78 Å². The van der Waals surface area contributed by atoms with Crippen LogP contribution in [0.2, 0.25) is 0 Å². The van der Waals surface area contributed by atoms with Crippen molar-refractivity contribution < 1.29 is 35.9 Å². The first kappa shape index (κ1) is 25.3. The van der Waals surface area contributed by atoms with E-state index in [1.54, 1.807) is 11.9 Å². The van der Waals surface area contributed by atoms with Crippen LogP contribution in [-0.4, -0.2) is 49.3 Å². The van der Waals surface area contributed by atoms with Gasteiger partial charge in [0.1, 0.15) is 5.82 Å². The molecular formula is C21H21F6N3O2. The summed E-state index contributed by atoms with van der Waals surface area (Å²) in [5, 5.41) is 0. The van der Waals surface area contributed by atoms with Gasteiger partial charge in [-0.05, 0) is 43.5 Å². The molecule has 0 fully saturated rings. The maximum atomic E-state index is 14.4. The van der Waals surface area contributed by atoms with Crippen molar-refractivity contribution in [2.24, 2.45) is 4.99 Å². The summed E-state index contributed by atoms with van der Waals surface area (Å²) in [4.78, 5) is 20.8. The minimum Gasteiger partial charge on any atom is -0.366 e. The fraction of sp³-hybridized carbons (Fsp3) is 0.381. The number of pyridine rings is 1. The van der Waals surface area contributed by atoms with Crippen molar-refractivity contribution in [1.29, 1.82) is 0 Å². The van der Waals surface area contributed by atoms with Crippen LogP contribution >= 0.6 is 0 Å². The molecule has 0 radical (unpaired) electrons. The molecule has 1 aromatic heterocycles. The van der Waals surface area contributed by atoms with E-state index in [4.69, 9.17) is 0 Å². The minimum atomic E-state index is -4.57. The number of unbranched alkanes of at least 4 members (excludes halogenated alkanes) is 2. The Morgan fingerprint density at radius 3 is 2.53 bits per heavy atom. The molecule has 1 aromatic carbocycles. The first-order valence-corrected chi connectivity index (χ1v) is 9.58. The van der Waals surface area contributed by atoms with Gasteiger partial charge in [-0.1, -0.05) is 0 Å². The summed E-state index contributed by atoms with van der Waals surface area (Å²) in [6.07, 6.45) is -0.313. The molecular weight excluding hydrogens is 440 g/mol. The van der Waals surface area contributed by atoms with Crippen molar-refractivity contribution in [3.05, 3.63) is 47.4 Å². The van der Waals surface area contributed by atoms with Gasteiger partial charge in [0, 0.05) is 30.9 Å². The highest BCUT2D eigenvalue weighted by Crippen LogP contribution is 2.32. The number of rotatable bonds is 11. The maximum Gasteiger partial charge on any atom is 0.417 e. The smallest absolute Gasteiger partial charge is 0.366 e. The topological polar surface area (TPSA) is 54.8 Å². The lowest BCUT2D eigenvalue weighted by Crippen LogP contribution is -2.17. The third-order valence-corrected chi connectivity index (χ3v) is 4.40. The van der Waals surface area contributed by atoms with Crippen LogP contribution in [0.3, 0.4) is 0 Å². The predicted molar refractivity (Wildman–Crippen MR) is 107 cm³/mol. The highest BCUT2D eigenvalue weighted by atomic mass is 19.4. The molecule has 0 atom stereocenters. The van der Waals surface area contributed by atoms with Crippen LogP contribution in [0.15, 0.2) is 35.5 Å². The van der Waals surface area contributed by atoms with Gasteiger partial charge in [0.2, 0.25) is 0 Å². The van der Waals surface area contributed by atoms with E-state index in [1.165, 1.54) is 12.4 Å². The lowest BCUT2D eigenvalue weighted by molar-refractivity contribution is -0.137. The number of ether oxygens (including phenoxy) is 1. The molecule has 0 unspecified atom stereocenters. The second-order valence-electron chi connectivity index (χ2n) is 6.86. The molecule has 1 heterocycles. The molecule has 2 rings (SSSR count). The number of alkyl halides is 5. The van der Waals surface area contributed by atoms with Gasteiger partial charge in [0.05, 0.1) is 29.9 Å². The summed E-state index contributed by atoms with van der Waals surface area (Å²) in [6, 6.07) is 4.01. The van der Waals surface area contributed by atoms with Gasteiger partial charge in [0.25, 0.3) is 0 Å².